The van der Waals surface area contributed by atoms with Crippen LogP contribution in [0.3, 0.4) is 0 Å². The Morgan fingerprint density at radius 2 is 1.81 bits per heavy atom. The summed E-state index contributed by atoms with van der Waals surface area (Å²) < 4.78 is 5.59. The van der Waals surface area contributed by atoms with Gasteiger partial charge in [0.25, 0.3) is 5.91 Å². The first-order chi connectivity index (χ1) is 13.0. The fourth-order valence-electron chi connectivity index (χ4n) is 3.51. The predicted molar refractivity (Wildman–Crippen MR) is 112 cm³/mol. The zero-order valence-corrected chi connectivity index (χ0v) is 16.6. The molecular formula is C23H30N2O2. The van der Waals surface area contributed by atoms with Crippen molar-refractivity contribution in [1.29, 1.82) is 0 Å². The largest absolute Gasteiger partial charge is 0.484 e. The highest BCUT2D eigenvalue weighted by atomic mass is 16.5. The average molecular weight is 367 g/mol. The molecule has 0 bridgehead atoms. The molecule has 0 radical (unpaired) electrons. The summed E-state index contributed by atoms with van der Waals surface area (Å²) in [6, 6.07) is 16.6. The van der Waals surface area contributed by atoms with Crippen molar-refractivity contribution < 1.29 is 9.53 Å². The van der Waals surface area contributed by atoms with Crippen LogP contribution in [0.15, 0.2) is 48.5 Å². The average Bonchev–Trinajstić information content (AvgIpc) is 2.68. The van der Waals surface area contributed by atoms with Crippen LogP contribution in [0.25, 0.3) is 0 Å². The monoisotopic (exact) mass is 366 g/mol. The van der Waals surface area contributed by atoms with E-state index in [0.29, 0.717) is 17.7 Å². The van der Waals surface area contributed by atoms with E-state index in [9.17, 15) is 4.79 Å². The first kappa shape index (κ1) is 19.3. The summed E-state index contributed by atoms with van der Waals surface area (Å²) in [5, 5.41) is 2.90. The van der Waals surface area contributed by atoms with Crippen LogP contribution in [0.4, 0.5) is 11.4 Å². The van der Waals surface area contributed by atoms with Crippen LogP contribution in [-0.4, -0.2) is 25.1 Å². The van der Waals surface area contributed by atoms with E-state index in [1.54, 1.807) is 0 Å². The number of benzene rings is 2. The second-order valence-corrected chi connectivity index (χ2v) is 7.65. The summed E-state index contributed by atoms with van der Waals surface area (Å²) in [6.45, 7) is 7.70. The van der Waals surface area contributed by atoms with Crippen molar-refractivity contribution in [3.05, 3.63) is 54.1 Å². The zero-order valence-electron chi connectivity index (χ0n) is 16.6. The lowest BCUT2D eigenvalue weighted by Gasteiger charge is -2.35. The number of amides is 1. The topological polar surface area (TPSA) is 41.6 Å². The Labute approximate surface area is 162 Å². The van der Waals surface area contributed by atoms with Crippen LogP contribution >= 0.6 is 0 Å². The Hall–Kier alpha value is -2.49. The highest BCUT2D eigenvalue weighted by Gasteiger charge is 2.18. The second-order valence-electron chi connectivity index (χ2n) is 7.65. The Kier molecular flexibility index (Phi) is 6.38. The van der Waals surface area contributed by atoms with Crippen LogP contribution in [0.1, 0.15) is 51.5 Å². The third-order valence-corrected chi connectivity index (χ3v) is 5.20. The Morgan fingerprint density at radius 1 is 1.11 bits per heavy atom. The smallest absolute Gasteiger partial charge is 0.262 e. The molecule has 0 saturated carbocycles. The fraction of sp³-hybridized carbons (Fsp3) is 0.435. The van der Waals surface area contributed by atoms with Gasteiger partial charge in [-0.2, -0.15) is 0 Å². The standard InChI is InChI=1S/C23H30N2O2/c1-17(2)19-7-13-22(14-8-19)27-16-23(26)24-20-9-11-21(12-10-20)25-15-5-4-6-18(25)3/h7-14,17-18H,4-6,15-16H2,1-3H3,(H,24,26)/t18-/m0/s1. The summed E-state index contributed by atoms with van der Waals surface area (Å²) in [5.41, 5.74) is 3.28. The minimum atomic E-state index is -0.151. The summed E-state index contributed by atoms with van der Waals surface area (Å²) in [7, 11) is 0. The molecule has 0 unspecified atom stereocenters. The van der Waals surface area contributed by atoms with E-state index in [1.807, 2.05) is 36.4 Å². The lowest BCUT2D eigenvalue weighted by molar-refractivity contribution is -0.118. The summed E-state index contributed by atoms with van der Waals surface area (Å²) in [5.74, 6) is 1.05. The molecule has 2 aromatic carbocycles. The van der Waals surface area contributed by atoms with Crippen molar-refractivity contribution in [2.45, 2.75) is 52.0 Å². The van der Waals surface area contributed by atoms with Gasteiger partial charge in [-0.3, -0.25) is 4.79 Å². The summed E-state index contributed by atoms with van der Waals surface area (Å²) in [6.07, 6.45) is 3.80. The molecular weight excluding hydrogens is 336 g/mol. The highest BCUT2D eigenvalue weighted by Crippen LogP contribution is 2.26. The number of anilines is 2. The van der Waals surface area contributed by atoms with Crippen LogP contribution < -0.4 is 15.0 Å². The maximum absolute atomic E-state index is 12.2. The number of hydrogen-bond acceptors (Lipinski definition) is 3. The molecule has 0 aromatic heterocycles. The molecule has 3 rings (SSSR count). The number of rotatable bonds is 6. The molecule has 4 nitrogen and oxygen atoms in total. The van der Waals surface area contributed by atoms with E-state index in [2.05, 4.69) is 43.1 Å². The van der Waals surface area contributed by atoms with Gasteiger partial charge in [-0.25, -0.2) is 0 Å². The van der Waals surface area contributed by atoms with Crippen molar-refractivity contribution >= 4 is 17.3 Å². The van der Waals surface area contributed by atoms with E-state index in [0.717, 1.165) is 12.2 Å². The maximum atomic E-state index is 12.2. The third kappa shape index (κ3) is 5.25. The van der Waals surface area contributed by atoms with Gasteiger partial charge in [-0.15, -0.1) is 0 Å². The van der Waals surface area contributed by atoms with E-state index in [1.165, 1.54) is 30.5 Å². The molecule has 0 aliphatic carbocycles. The van der Waals surface area contributed by atoms with Crippen LogP contribution in [0, 0.1) is 0 Å². The van der Waals surface area contributed by atoms with Gasteiger partial charge in [0.1, 0.15) is 5.75 Å². The first-order valence-electron chi connectivity index (χ1n) is 9.92. The minimum Gasteiger partial charge on any atom is -0.484 e. The second kappa shape index (κ2) is 8.94. The van der Waals surface area contributed by atoms with E-state index >= 15 is 0 Å². The molecule has 1 amide bonds. The lowest BCUT2D eigenvalue weighted by atomic mass is 10.0. The van der Waals surface area contributed by atoms with Gasteiger partial charge in [0.15, 0.2) is 6.61 Å². The predicted octanol–water partition coefficient (Wildman–Crippen LogP) is 5.21. The van der Waals surface area contributed by atoms with Crippen molar-refractivity contribution in [2.75, 3.05) is 23.4 Å². The molecule has 144 valence electrons. The van der Waals surface area contributed by atoms with Gasteiger partial charge in [0.05, 0.1) is 0 Å². The van der Waals surface area contributed by atoms with E-state index in [-0.39, 0.29) is 12.5 Å². The van der Waals surface area contributed by atoms with E-state index in [4.69, 9.17) is 4.74 Å². The number of ether oxygens (including phenoxy) is 1. The molecule has 1 aliphatic rings. The number of hydrogen-bond donors (Lipinski definition) is 1. The molecule has 0 spiro atoms. The quantitative estimate of drug-likeness (QED) is 0.763. The summed E-state index contributed by atoms with van der Waals surface area (Å²) in [4.78, 5) is 14.6. The normalized spacial score (nSPS) is 17.0. The summed E-state index contributed by atoms with van der Waals surface area (Å²) >= 11 is 0. The van der Waals surface area contributed by atoms with Crippen LogP contribution in [-0.2, 0) is 4.79 Å². The molecule has 1 fully saturated rings. The number of piperidine rings is 1. The van der Waals surface area contributed by atoms with Crippen molar-refractivity contribution in [3.8, 4) is 5.75 Å². The number of nitrogens with one attached hydrogen (secondary N) is 1. The van der Waals surface area contributed by atoms with Gasteiger partial charge >= 0.3 is 0 Å². The number of nitrogens with zero attached hydrogens (tertiary/aromatic N) is 1. The molecule has 2 aromatic rings. The van der Waals surface area contributed by atoms with Crippen molar-refractivity contribution in [2.24, 2.45) is 0 Å². The van der Waals surface area contributed by atoms with Gasteiger partial charge < -0.3 is 15.0 Å². The third-order valence-electron chi connectivity index (χ3n) is 5.20. The van der Waals surface area contributed by atoms with Gasteiger partial charge in [-0.05, 0) is 74.1 Å². The molecule has 1 N–H and O–H groups in total. The Balaban J connectivity index is 1.50. The SMILES string of the molecule is CC(C)c1ccc(OCC(=O)Nc2ccc(N3CCCC[C@@H]3C)cc2)cc1. The Morgan fingerprint density at radius 3 is 2.44 bits per heavy atom. The molecule has 4 heteroatoms. The molecule has 1 aliphatic heterocycles. The van der Waals surface area contributed by atoms with Gasteiger partial charge in [-0.1, -0.05) is 26.0 Å². The van der Waals surface area contributed by atoms with E-state index < -0.39 is 0 Å². The minimum absolute atomic E-state index is 0.00589. The maximum Gasteiger partial charge on any atom is 0.262 e. The number of carbonyl (C=O) groups is 1. The van der Waals surface area contributed by atoms with Gasteiger partial charge in [0.2, 0.25) is 0 Å². The fourth-order valence-corrected chi connectivity index (χ4v) is 3.51. The molecule has 1 saturated heterocycles. The first-order valence-corrected chi connectivity index (χ1v) is 9.92. The van der Waals surface area contributed by atoms with Crippen molar-refractivity contribution in [3.63, 3.8) is 0 Å². The number of carbonyl (C=O) groups excluding carboxylic acids is 1. The molecule has 27 heavy (non-hydrogen) atoms. The Bertz CT molecular complexity index is 738. The molecule has 1 heterocycles. The van der Waals surface area contributed by atoms with Gasteiger partial charge in [0, 0.05) is 24.0 Å². The molecule has 1 atom stereocenters. The van der Waals surface area contributed by atoms with Crippen LogP contribution in [0.5, 0.6) is 5.75 Å². The highest BCUT2D eigenvalue weighted by molar-refractivity contribution is 5.92. The zero-order chi connectivity index (χ0) is 19.2. The lowest BCUT2D eigenvalue weighted by Crippen LogP contribution is -2.37. The van der Waals surface area contributed by atoms with Crippen LogP contribution in [0.2, 0.25) is 0 Å². The van der Waals surface area contributed by atoms with Crippen molar-refractivity contribution in [1.82, 2.24) is 0 Å².